The van der Waals surface area contributed by atoms with Gasteiger partial charge in [-0.25, -0.2) is 9.97 Å². The normalized spacial score (nSPS) is 11.4. The SMILES string of the molecule is CCCCC(CNC(=O)Cn1c(-c2ccccc2)ncc(N)c1=O)Oc1nccc(OC(C)=O)c1C(=O)c1ccccc1. The van der Waals surface area contributed by atoms with Crippen LogP contribution in [0.3, 0.4) is 0 Å². The number of unbranched alkanes of at least 4 members (excludes halogenated alkanes) is 1. The Bertz CT molecular complexity index is 1640. The number of hydrogen-bond donors (Lipinski definition) is 2. The smallest absolute Gasteiger partial charge is 0.308 e. The number of nitrogens with zero attached hydrogens (tertiary/aromatic N) is 3. The Morgan fingerprint density at radius 2 is 1.70 bits per heavy atom. The second-order valence-corrected chi connectivity index (χ2v) is 9.76. The van der Waals surface area contributed by atoms with Crippen molar-refractivity contribution in [3.05, 3.63) is 101 Å². The summed E-state index contributed by atoms with van der Waals surface area (Å²) in [5.74, 6) is -1.18. The molecule has 4 rings (SSSR count). The summed E-state index contributed by atoms with van der Waals surface area (Å²) in [6.07, 6.45) is 4.23. The lowest BCUT2D eigenvalue weighted by molar-refractivity contribution is -0.132. The topological polar surface area (TPSA) is 156 Å². The number of ketones is 1. The fourth-order valence-electron chi connectivity index (χ4n) is 4.39. The molecule has 3 N–H and O–H groups in total. The van der Waals surface area contributed by atoms with E-state index in [1.54, 1.807) is 54.6 Å². The van der Waals surface area contributed by atoms with Gasteiger partial charge in [-0.1, -0.05) is 74.0 Å². The Kier molecular flexibility index (Phi) is 10.4. The number of nitrogens with two attached hydrogens (primary N) is 1. The molecule has 0 spiro atoms. The zero-order valence-electron chi connectivity index (χ0n) is 24.0. The van der Waals surface area contributed by atoms with Crippen molar-refractivity contribution in [3.63, 3.8) is 0 Å². The molecule has 0 saturated carbocycles. The van der Waals surface area contributed by atoms with Gasteiger partial charge >= 0.3 is 5.97 Å². The van der Waals surface area contributed by atoms with Crippen molar-refractivity contribution < 1.29 is 23.9 Å². The van der Waals surface area contributed by atoms with Gasteiger partial charge in [-0.05, 0) is 12.8 Å². The van der Waals surface area contributed by atoms with Crippen molar-refractivity contribution in [1.82, 2.24) is 19.9 Å². The maximum Gasteiger partial charge on any atom is 0.308 e. The van der Waals surface area contributed by atoms with E-state index in [1.807, 2.05) is 13.0 Å². The minimum atomic E-state index is -0.602. The van der Waals surface area contributed by atoms with E-state index in [2.05, 4.69) is 15.3 Å². The van der Waals surface area contributed by atoms with Crippen molar-refractivity contribution in [1.29, 1.82) is 0 Å². The first kappa shape index (κ1) is 30.6. The summed E-state index contributed by atoms with van der Waals surface area (Å²) in [5.41, 5.74) is 6.23. The molecule has 0 fully saturated rings. The second-order valence-electron chi connectivity index (χ2n) is 9.76. The molecule has 2 aromatic heterocycles. The summed E-state index contributed by atoms with van der Waals surface area (Å²) in [6.45, 7) is 2.99. The van der Waals surface area contributed by atoms with Gasteiger partial charge in [-0.3, -0.25) is 23.7 Å². The van der Waals surface area contributed by atoms with E-state index in [-0.39, 0.29) is 36.0 Å². The fraction of sp³-hybridized carbons (Fsp3) is 0.250. The third-order valence-electron chi connectivity index (χ3n) is 6.49. The van der Waals surface area contributed by atoms with E-state index in [4.69, 9.17) is 15.2 Å². The number of carbonyl (C=O) groups is 3. The number of amides is 1. The number of nitrogens with one attached hydrogen (secondary N) is 1. The Labute approximate surface area is 248 Å². The number of esters is 1. The predicted molar refractivity (Wildman–Crippen MR) is 161 cm³/mol. The number of aromatic nitrogens is 3. The first-order valence-corrected chi connectivity index (χ1v) is 13.9. The fourth-order valence-corrected chi connectivity index (χ4v) is 4.39. The van der Waals surface area contributed by atoms with Crippen molar-refractivity contribution in [3.8, 4) is 23.0 Å². The third-order valence-corrected chi connectivity index (χ3v) is 6.49. The van der Waals surface area contributed by atoms with Crippen LogP contribution in [0.25, 0.3) is 11.4 Å². The van der Waals surface area contributed by atoms with Gasteiger partial charge in [0, 0.05) is 30.3 Å². The van der Waals surface area contributed by atoms with Crippen molar-refractivity contribution in [2.24, 2.45) is 0 Å². The Hall–Kier alpha value is -5.32. The lowest BCUT2D eigenvalue weighted by Gasteiger charge is -2.21. The van der Waals surface area contributed by atoms with Gasteiger partial charge in [0.1, 0.15) is 35.5 Å². The molecule has 2 aromatic carbocycles. The largest absolute Gasteiger partial charge is 0.472 e. The molecular formula is C32H33N5O6. The van der Waals surface area contributed by atoms with Crippen LogP contribution in [0.4, 0.5) is 5.69 Å². The average Bonchev–Trinajstić information content (AvgIpc) is 3.01. The highest BCUT2D eigenvalue weighted by Crippen LogP contribution is 2.30. The van der Waals surface area contributed by atoms with Crippen LogP contribution in [0, 0.1) is 0 Å². The van der Waals surface area contributed by atoms with Gasteiger partial charge in [0.2, 0.25) is 17.6 Å². The van der Waals surface area contributed by atoms with Crippen molar-refractivity contribution in [2.75, 3.05) is 12.3 Å². The molecule has 11 nitrogen and oxygen atoms in total. The Morgan fingerprint density at radius 1 is 1.00 bits per heavy atom. The molecule has 4 aromatic rings. The summed E-state index contributed by atoms with van der Waals surface area (Å²) in [4.78, 5) is 59.9. The molecule has 0 aliphatic heterocycles. The van der Waals surface area contributed by atoms with Gasteiger partial charge in [-0.15, -0.1) is 0 Å². The average molecular weight is 584 g/mol. The molecule has 0 aliphatic carbocycles. The van der Waals surface area contributed by atoms with Crippen LogP contribution in [-0.4, -0.2) is 44.8 Å². The highest BCUT2D eigenvalue weighted by molar-refractivity contribution is 6.12. The quantitative estimate of drug-likeness (QED) is 0.177. The molecule has 0 radical (unpaired) electrons. The number of anilines is 1. The molecule has 1 atom stereocenters. The van der Waals surface area contributed by atoms with E-state index >= 15 is 0 Å². The van der Waals surface area contributed by atoms with Crippen LogP contribution in [0.5, 0.6) is 11.6 Å². The Balaban J connectivity index is 1.57. The van der Waals surface area contributed by atoms with Gasteiger partial charge in [0.25, 0.3) is 5.56 Å². The van der Waals surface area contributed by atoms with Gasteiger partial charge in [0.15, 0.2) is 0 Å². The monoisotopic (exact) mass is 583 g/mol. The second kappa shape index (κ2) is 14.5. The molecule has 1 unspecified atom stereocenters. The zero-order chi connectivity index (χ0) is 30.8. The van der Waals surface area contributed by atoms with Crippen LogP contribution in [-0.2, 0) is 16.1 Å². The number of benzene rings is 2. The highest BCUT2D eigenvalue weighted by Gasteiger charge is 2.25. The van der Waals surface area contributed by atoms with E-state index < -0.39 is 29.3 Å². The van der Waals surface area contributed by atoms with Crippen LogP contribution in [0.15, 0.2) is 83.9 Å². The number of pyridine rings is 1. The van der Waals surface area contributed by atoms with Crippen molar-refractivity contribution >= 4 is 23.3 Å². The maximum atomic E-state index is 13.5. The third kappa shape index (κ3) is 7.91. The maximum absolute atomic E-state index is 13.5. The van der Waals surface area contributed by atoms with Crippen molar-refractivity contribution in [2.45, 2.75) is 45.8 Å². The van der Waals surface area contributed by atoms with Crippen LogP contribution in [0.1, 0.15) is 49.0 Å². The van der Waals surface area contributed by atoms with Crippen LogP contribution < -0.4 is 26.1 Å². The number of rotatable bonds is 13. The van der Waals surface area contributed by atoms with E-state index in [0.717, 1.165) is 12.8 Å². The first-order valence-electron chi connectivity index (χ1n) is 13.9. The molecular weight excluding hydrogens is 550 g/mol. The van der Waals surface area contributed by atoms with Crippen LogP contribution >= 0.6 is 0 Å². The molecule has 222 valence electrons. The standard InChI is InChI=1S/C32H33N5O6/c1-3-4-15-24(18-35-27(39)20-37-30(23-13-9-6-10-14-23)36-19-25(33)32(37)41)43-31-28(26(16-17-34-31)42-21(2)38)29(40)22-11-7-5-8-12-22/h5-14,16-17,19,24H,3-4,15,18,20,33H2,1-2H3,(H,35,39). The highest BCUT2D eigenvalue weighted by atomic mass is 16.5. The molecule has 11 heteroatoms. The van der Waals surface area contributed by atoms with E-state index in [9.17, 15) is 19.2 Å². The molecule has 0 aliphatic rings. The Morgan fingerprint density at radius 3 is 2.37 bits per heavy atom. The first-order chi connectivity index (χ1) is 20.8. The lowest BCUT2D eigenvalue weighted by atomic mass is 10.0. The minimum absolute atomic E-state index is 0.00150. The molecule has 0 saturated heterocycles. The summed E-state index contributed by atoms with van der Waals surface area (Å²) in [5, 5.41) is 2.82. The number of carbonyl (C=O) groups excluding carboxylic acids is 3. The molecule has 0 bridgehead atoms. The van der Waals surface area contributed by atoms with E-state index in [1.165, 1.54) is 30.0 Å². The summed E-state index contributed by atoms with van der Waals surface area (Å²) in [6, 6.07) is 18.9. The summed E-state index contributed by atoms with van der Waals surface area (Å²) < 4.78 is 12.8. The molecule has 2 heterocycles. The van der Waals surface area contributed by atoms with E-state index in [0.29, 0.717) is 23.4 Å². The number of nitrogen functional groups attached to an aromatic ring is 1. The summed E-state index contributed by atoms with van der Waals surface area (Å²) in [7, 11) is 0. The lowest BCUT2D eigenvalue weighted by Crippen LogP contribution is -2.39. The van der Waals surface area contributed by atoms with Gasteiger partial charge < -0.3 is 20.5 Å². The number of ether oxygens (including phenoxy) is 2. The molecule has 43 heavy (non-hydrogen) atoms. The van der Waals surface area contributed by atoms with Gasteiger partial charge in [-0.2, -0.15) is 0 Å². The minimum Gasteiger partial charge on any atom is -0.472 e. The summed E-state index contributed by atoms with van der Waals surface area (Å²) >= 11 is 0. The zero-order valence-corrected chi connectivity index (χ0v) is 24.0. The molecule has 1 amide bonds. The predicted octanol–water partition coefficient (Wildman–Crippen LogP) is 3.80. The van der Waals surface area contributed by atoms with Crippen LogP contribution in [0.2, 0.25) is 0 Å². The van der Waals surface area contributed by atoms with Gasteiger partial charge in [0.05, 0.1) is 12.7 Å². The number of hydrogen-bond acceptors (Lipinski definition) is 9.